The van der Waals surface area contributed by atoms with Crippen LogP contribution in [0.25, 0.3) is 0 Å². The summed E-state index contributed by atoms with van der Waals surface area (Å²) < 4.78 is 0. The van der Waals surface area contributed by atoms with Crippen LogP contribution in [0.4, 0.5) is 0 Å². The second-order valence-electron chi connectivity index (χ2n) is 3.71. The van der Waals surface area contributed by atoms with Crippen LogP contribution < -0.4 is 0 Å². The largest absolute Gasteiger partial charge is 0.349 e. The lowest BCUT2D eigenvalue weighted by atomic mass is 10.0. The molecule has 2 aromatic rings. The Morgan fingerprint density at radius 1 is 1.44 bits per heavy atom. The average molecular weight is 255 g/mol. The molecule has 84 valence electrons. The molecule has 0 spiro atoms. The molecule has 1 aromatic heterocycles. The quantitative estimate of drug-likeness (QED) is 0.828. The molecule has 1 heterocycles. The van der Waals surface area contributed by atoms with Gasteiger partial charge in [-0.25, -0.2) is 4.98 Å². The first kappa shape index (κ1) is 11.5. The number of aryl methyl sites for hydroxylation is 1. The Bertz CT molecular complexity index is 466. The van der Waals surface area contributed by atoms with E-state index >= 15 is 0 Å². The molecule has 16 heavy (non-hydrogen) atoms. The summed E-state index contributed by atoms with van der Waals surface area (Å²) in [6.45, 7) is 2.01. The molecule has 1 aromatic carbocycles. The summed E-state index contributed by atoms with van der Waals surface area (Å²) in [6.07, 6.45) is 4.22. The minimum absolute atomic E-state index is 0.0802. The maximum absolute atomic E-state index is 6.35. The third-order valence-electron chi connectivity index (χ3n) is 2.50. The molecule has 1 unspecified atom stereocenters. The Morgan fingerprint density at radius 2 is 2.25 bits per heavy atom. The van der Waals surface area contributed by atoms with Gasteiger partial charge in [0.1, 0.15) is 5.82 Å². The van der Waals surface area contributed by atoms with E-state index in [1.807, 2.05) is 25.1 Å². The van der Waals surface area contributed by atoms with E-state index in [1.54, 1.807) is 12.4 Å². The summed E-state index contributed by atoms with van der Waals surface area (Å²) in [5, 5.41) is 0.659. The van der Waals surface area contributed by atoms with E-state index < -0.39 is 0 Å². The van der Waals surface area contributed by atoms with E-state index in [0.29, 0.717) is 6.42 Å². The van der Waals surface area contributed by atoms with Gasteiger partial charge in [-0.05, 0) is 30.2 Å². The minimum Gasteiger partial charge on any atom is -0.349 e. The standard InChI is InChI=1S/C12H12Cl2N2/c1-8-6-9(13)2-3-10(8)11(14)7-12-15-4-5-16-12/h2-6,11H,7H2,1H3,(H,15,16). The zero-order chi connectivity index (χ0) is 11.5. The van der Waals surface area contributed by atoms with Crippen LogP contribution in [0.2, 0.25) is 5.02 Å². The molecule has 0 radical (unpaired) electrons. The molecule has 0 saturated carbocycles. The van der Waals surface area contributed by atoms with Crippen molar-refractivity contribution in [2.24, 2.45) is 0 Å². The van der Waals surface area contributed by atoms with Crippen molar-refractivity contribution in [2.45, 2.75) is 18.7 Å². The van der Waals surface area contributed by atoms with Crippen molar-refractivity contribution >= 4 is 23.2 Å². The summed E-state index contributed by atoms with van der Waals surface area (Å²) in [4.78, 5) is 7.21. The van der Waals surface area contributed by atoms with Crippen LogP contribution in [0.5, 0.6) is 0 Å². The molecule has 1 N–H and O–H groups in total. The van der Waals surface area contributed by atoms with Crippen molar-refractivity contribution < 1.29 is 0 Å². The van der Waals surface area contributed by atoms with Gasteiger partial charge < -0.3 is 4.98 Å². The van der Waals surface area contributed by atoms with Gasteiger partial charge in [0.05, 0.1) is 5.38 Å². The van der Waals surface area contributed by atoms with Gasteiger partial charge in [-0.1, -0.05) is 17.7 Å². The fourth-order valence-corrected chi connectivity index (χ4v) is 2.30. The molecule has 0 amide bonds. The number of benzene rings is 1. The molecule has 4 heteroatoms. The van der Waals surface area contributed by atoms with Crippen molar-refractivity contribution in [2.75, 3.05) is 0 Å². The van der Waals surface area contributed by atoms with Crippen LogP contribution in [0.15, 0.2) is 30.6 Å². The van der Waals surface area contributed by atoms with Gasteiger partial charge in [0.2, 0.25) is 0 Å². The Labute approximate surface area is 105 Å². The summed E-state index contributed by atoms with van der Waals surface area (Å²) in [5.74, 6) is 0.898. The topological polar surface area (TPSA) is 28.7 Å². The number of aromatic amines is 1. The monoisotopic (exact) mass is 254 g/mol. The smallest absolute Gasteiger partial charge is 0.107 e. The van der Waals surface area contributed by atoms with Crippen LogP contribution in [-0.2, 0) is 6.42 Å². The molecule has 1 atom stereocenters. The first-order chi connectivity index (χ1) is 7.66. The summed E-state index contributed by atoms with van der Waals surface area (Å²) in [6, 6.07) is 5.76. The maximum Gasteiger partial charge on any atom is 0.107 e. The Balaban J connectivity index is 2.17. The third-order valence-corrected chi connectivity index (χ3v) is 3.12. The highest BCUT2D eigenvalue weighted by Crippen LogP contribution is 2.28. The van der Waals surface area contributed by atoms with Crippen LogP contribution in [0, 0.1) is 6.92 Å². The highest BCUT2D eigenvalue weighted by molar-refractivity contribution is 6.30. The lowest BCUT2D eigenvalue weighted by Crippen LogP contribution is -1.99. The Kier molecular flexibility index (Phi) is 3.52. The normalized spacial score (nSPS) is 12.7. The number of hydrogen-bond donors (Lipinski definition) is 1. The minimum atomic E-state index is -0.0802. The fourth-order valence-electron chi connectivity index (χ4n) is 1.68. The second kappa shape index (κ2) is 4.89. The third kappa shape index (κ3) is 2.57. The molecule has 0 aliphatic carbocycles. The number of aromatic nitrogens is 2. The van der Waals surface area contributed by atoms with Crippen LogP contribution >= 0.6 is 23.2 Å². The summed E-state index contributed by atoms with van der Waals surface area (Å²) in [7, 11) is 0. The number of hydrogen-bond acceptors (Lipinski definition) is 1. The number of H-pyrrole nitrogens is 1. The first-order valence-electron chi connectivity index (χ1n) is 5.05. The second-order valence-corrected chi connectivity index (χ2v) is 4.67. The average Bonchev–Trinajstić information content (AvgIpc) is 2.70. The predicted octanol–water partition coefficient (Wildman–Crippen LogP) is 3.89. The van der Waals surface area contributed by atoms with Gasteiger partial charge in [0.25, 0.3) is 0 Å². The maximum atomic E-state index is 6.35. The number of imidazole rings is 1. The molecule has 0 aliphatic heterocycles. The zero-order valence-electron chi connectivity index (χ0n) is 8.87. The Morgan fingerprint density at radius 3 is 2.88 bits per heavy atom. The van der Waals surface area contributed by atoms with Gasteiger partial charge in [-0.15, -0.1) is 11.6 Å². The summed E-state index contributed by atoms with van der Waals surface area (Å²) >= 11 is 12.3. The van der Waals surface area contributed by atoms with Crippen molar-refractivity contribution in [3.8, 4) is 0 Å². The number of alkyl halides is 1. The molecule has 0 fully saturated rings. The lowest BCUT2D eigenvalue weighted by molar-refractivity contribution is 0.849. The Hall–Kier alpha value is -0.990. The van der Waals surface area contributed by atoms with E-state index in [-0.39, 0.29) is 5.38 Å². The summed E-state index contributed by atoms with van der Waals surface area (Å²) in [5.41, 5.74) is 2.21. The van der Waals surface area contributed by atoms with E-state index in [4.69, 9.17) is 23.2 Å². The highest BCUT2D eigenvalue weighted by atomic mass is 35.5. The van der Waals surface area contributed by atoms with Crippen molar-refractivity contribution in [1.29, 1.82) is 0 Å². The SMILES string of the molecule is Cc1cc(Cl)ccc1C(Cl)Cc1ncc[nH]1. The number of rotatable bonds is 3. The van der Waals surface area contributed by atoms with Crippen molar-refractivity contribution in [3.05, 3.63) is 52.6 Å². The van der Waals surface area contributed by atoms with Gasteiger partial charge >= 0.3 is 0 Å². The van der Waals surface area contributed by atoms with Crippen LogP contribution in [-0.4, -0.2) is 9.97 Å². The first-order valence-corrected chi connectivity index (χ1v) is 5.86. The molecule has 0 bridgehead atoms. The zero-order valence-corrected chi connectivity index (χ0v) is 10.4. The van der Waals surface area contributed by atoms with E-state index in [9.17, 15) is 0 Å². The van der Waals surface area contributed by atoms with Crippen molar-refractivity contribution in [1.82, 2.24) is 9.97 Å². The van der Waals surface area contributed by atoms with Gasteiger partial charge in [0.15, 0.2) is 0 Å². The van der Waals surface area contributed by atoms with E-state index in [1.165, 1.54) is 0 Å². The van der Waals surface area contributed by atoms with Crippen LogP contribution in [0.1, 0.15) is 22.3 Å². The van der Waals surface area contributed by atoms with Gasteiger partial charge in [-0.3, -0.25) is 0 Å². The fraction of sp³-hybridized carbons (Fsp3) is 0.250. The molecule has 0 saturated heterocycles. The number of nitrogens with one attached hydrogen (secondary N) is 1. The molecule has 2 rings (SSSR count). The van der Waals surface area contributed by atoms with Gasteiger partial charge in [0, 0.05) is 23.8 Å². The van der Waals surface area contributed by atoms with Gasteiger partial charge in [-0.2, -0.15) is 0 Å². The molecular weight excluding hydrogens is 243 g/mol. The lowest BCUT2D eigenvalue weighted by Gasteiger charge is -2.11. The number of nitrogens with zero attached hydrogens (tertiary/aromatic N) is 1. The predicted molar refractivity (Wildman–Crippen MR) is 67.1 cm³/mol. The van der Waals surface area contributed by atoms with Crippen molar-refractivity contribution in [3.63, 3.8) is 0 Å². The van der Waals surface area contributed by atoms with Crippen LogP contribution in [0.3, 0.4) is 0 Å². The molecular formula is C12H12Cl2N2. The van der Waals surface area contributed by atoms with E-state index in [2.05, 4.69) is 9.97 Å². The molecule has 0 aliphatic rings. The highest BCUT2D eigenvalue weighted by Gasteiger charge is 2.12. The number of halogens is 2. The van der Waals surface area contributed by atoms with E-state index in [0.717, 1.165) is 22.0 Å². The molecule has 2 nitrogen and oxygen atoms in total.